The van der Waals surface area contributed by atoms with Gasteiger partial charge in [-0.2, -0.15) is 0 Å². The van der Waals surface area contributed by atoms with Gasteiger partial charge in [0.25, 0.3) is 0 Å². The number of rotatable bonds is 10. The molecule has 4 rings (SSSR count). The molecule has 0 saturated carbocycles. The minimum atomic E-state index is -2.71. The van der Waals surface area contributed by atoms with Gasteiger partial charge in [-0.3, -0.25) is 4.79 Å². The van der Waals surface area contributed by atoms with Gasteiger partial charge >= 0.3 is 0 Å². The van der Waals surface area contributed by atoms with Gasteiger partial charge in [-0.25, -0.2) is 0 Å². The van der Waals surface area contributed by atoms with Crippen LogP contribution in [0.2, 0.25) is 0 Å². The molecule has 9 nitrogen and oxygen atoms in total. The van der Waals surface area contributed by atoms with Crippen molar-refractivity contribution in [1.82, 2.24) is 10.2 Å². The van der Waals surface area contributed by atoms with Gasteiger partial charge in [-0.05, 0) is 48.9 Å². The van der Waals surface area contributed by atoms with E-state index in [-0.39, 0.29) is 28.8 Å². The zero-order valence-electron chi connectivity index (χ0n) is 22.7. The predicted molar refractivity (Wildman–Crippen MR) is 127 cm³/mol. The monoisotopic (exact) mass is 481 g/mol. The number of carbonyl (C=O) groups is 1. The zero-order valence-corrected chi connectivity index (χ0v) is 19.7. The summed E-state index contributed by atoms with van der Waals surface area (Å²) in [6.07, 6.45) is -0.906. The number of aryl methyl sites for hydroxylation is 1. The SMILES string of the molecule is [2H]C([2H])([2H])Oc1c(OC)cc(-c2ccc(C(=O)C(OCC)c3ccc(-c4nnc(C)o4)cc3)o2)cc1OC. The summed E-state index contributed by atoms with van der Waals surface area (Å²) in [6, 6.07) is 13.3. The van der Waals surface area contributed by atoms with Crippen LogP contribution in [0.1, 0.15) is 39.1 Å². The molecule has 0 amide bonds. The summed E-state index contributed by atoms with van der Waals surface area (Å²) in [5.41, 5.74) is 1.83. The molecule has 1 atom stereocenters. The lowest BCUT2D eigenvalue weighted by Gasteiger charge is -2.15. The molecule has 0 saturated heterocycles. The Morgan fingerprint density at radius 2 is 1.69 bits per heavy atom. The van der Waals surface area contributed by atoms with E-state index in [9.17, 15) is 4.79 Å². The molecule has 9 heteroatoms. The standard InChI is InChI=1S/C26H26N2O7/c1-6-33-24(16-7-9-17(10-8-16)26-28-27-15(2)34-26)23(29)20-12-11-19(35-20)18-13-21(30-3)25(32-5)22(14-18)31-4/h7-14,24H,6H2,1-5H3/i5D3. The largest absolute Gasteiger partial charge is 0.493 e. The van der Waals surface area contributed by atoms with Crippen LogP contribution in [0.3, 0.4) is 0 Å². The van der Waals surface area contributed by atoms with Crippen molar-refractivity contribution >= 4 is 5.78 Å². The minimum Gasteiger partial charge on any atom is -0.493 e. The summed E-state index contributed by atoms with van der Waals surface area (Å²) in [4.78, 5) is 13.4. The van der Waals surface area contributed by atoms with Crippen molar-refractivity contribution in [2.45, 2.75) is 20.0 Å². The highest BCUT2D eigenvalue weighted by Crippen LogP contribution is 2.41. The third-order valence-electron chi connectivity index (χ3n) is 5.25. The lowest BCUT2D eigenvalue weighted by Crippen LogP contribution is -2.16. The number of ketones is 1. The molecule has 1 unspecified atom stereocenters. The first-order valence-corrected chi connectivity index (χ1v) is 10.7. The molecule has 0 spiro atoms. The average Bonchev–Trinajstić information content (AvgIpc) is 3.56. The van der Waals surface area contributed by atoms with E-state index in [2.05, 4.69) is 10.2 Å². The van der Waals surface area contributed by atoms with Crippen LogP contribution in [0.4, 0.5) is 0 Å². The zero-order chi connectivity index (χ0) is 27.4. The van der Waals surface area contributed by atoms with E-state index in [1.165, 1.54) is 26.4 Å². The van der Waals surface area contributed by atoms with E-state index < -0.39 is 13.1 Å². The van der Waals surface area contributed by atoms with E-state index in [0.717, 1.165) is 0 Å². The Bertz CT molecular complexity index is 1390. The number of hydrogen-bond acceptors (Lipinski definition) is 9. The van der Waals surface area contributed by atoms with Crippen LogP contribution >= 0.6 is 0 Å². The topological polar surface area (TPSA) is 106 Å². The first-order valence-electron chi connectivity index (χ1n) is 12.2. The molecule has 0 fully saturated rings. The van der Waals surface area contributed by atoms with E-state index in [1.54, 1.807) is 50.2 Å². The fourth-order valence-electron chi connectivity index (χ4n) is 3.58. The molecule has 0 aliphatic heterocycles. The van der Waals surface area contributed by atoms with Crippen molar-refractivity contribution in [3.63, 3.8) is 0 Å². The van der Waals surface area contributed by atoms with Crippen LogP contribution < -0.4 is 14.2 Å². The summed E-state index contributed by atoms with van der Waals surface area (Å²) < 4.78 is 55.0. The number of carbonyl (C=O) groups excluding carboxylic acids is 1. The number of hydrogen-bond donors (Lipinski definition) is 0. The molecule has 0 aliphatic rings. The van der Waals surface area contributed by atoms with E-state index in [1.807, 2.05) is 0 Å². The van der Waals surface area contributed by atoms with E-state index >= 15 is 0 Å². The maximum absolute atomic E-state index is 13.4. The highest BCUT2D eigenvalue weighted by molar-refractivity contribution is 5.98. The van der Waals surface area contributed by atoms with Gasteiger partial charge in [-0.1, -0.05) is 12.1 Å². The lowest BCUT2D eigenvalue weighted by molar-refractivity contribution is 0.0429. The molecule has 0 radical (unpaired) electrons. The molecule has 2 heterocycles. The lowest BCUT2D eigenvalue weighted by atomic mass is 10.0. The van der Waals surface area contributed by atoms with E-state index in [0.29, 0.717) is 40.8 Å². The molecule has 0 N–H and O–H groups in total. The highest BCUT2D eigenvalue weighted by atomic mass is 16.5. The predicted octanol–water partition coefficient (Wildman–Crippen LogP) is 5.29. The van der Waals surface area contributed by atoms with Gasteiger partial charge in [0.1, 0.15) is 11.9 Å². The van der Waals surface area contributed by atoms with Crippen molar-refractivity contribution < 1.29 is 36.7 Å². The summed E-state index contributed by atoms with van der Waals surface area (Å²) in [6.45, 7) is 3.80. The van der Waals surface area contributed by atoms with Gasteiger partial charge < -0.3 is 27.8 Å². The smallest absolute Gasteiger partial charge is 0.247 e. The third-order valence-corrected chi connectivity index (χ3v) is 5.25. The fourth-order valence-corrected chi connectivity index (χ4v) is 3.58. The Morgan fingerprint density at radius 1 is 0.971 bits per heavy atom. The Hall–Kier alpha value is -4.11. The van der Waals surface area contributed by atoms with Gasteiger partial charge in [0, 0.05) is 24.7 Å². The number of benzene rings is 2. The normalized spacial score (nSPS) is 13.4. The first kappa shape index (κ1) is 20.3. The first-order chi connectivity index (χ1) is 18.1. The van der Waals surface area contributed by atoms with Crippen molar-refractivity contribution in [1.29, 1.82) is 0 Å². The van der Waals surface area contributed by atoms with Crippen molar-refractivity contribution in [2.24, 2.45) is 0 Å². The second-order valence-electron chi connectivity index (χ2n) is 7.42. The molecular weight excluding hydrogens is 452 g/mol. The quantitative estimate of drug-likeness (QED) is 0.279. The molecule has 0 bridgehead atoms. The Balaban J connectivity index is 1.62. The Kier molecular flexibility index (Phi) is 6.05. The summed E-state index contributed by atoms with van der Waals surface area (Å²) in [5.74, 6) is 1.06. The molecule has 182 valence electrons. The van der Waals surface area contributed by atoms with Crippen LogP contribution in [0, 0.1) is 6.92 Å². The fraction of sp³-hybridized carbons (Fsp3) is 0.269. The molecule has 35 heavy (non-hydrogen) atoms. The number of ether oxygens (including phenoxy) is 4. The van der Waals surface area contributed by atoms with Crippen molar-refractivity contribution in [3.8, 4) is 40.0 Å². The average molecular weight is 482 g/mol. The van der Waals surface area contributed by atoms with E-state index in [4.69, 9.17) is 31.9 Å². The summed E-state index contributed by atoms with van der Waals surface area (Å²) in [7, 11) is 0.0440. The van der Waals surface area contributed by atoms with Gasteiger partial charge in [0.05, 0.1) is 25.4 Å². The van der Waals surface area contributed by atoms with Crippen molar-refractivity contribution in [3.05, 3.63) is 65.7 Å². The summed E-state index contributed by atoms with van der Waals surface area (Å²) >= 11 is 0. The number of Topliss-reactive ketones (excluding diaryl/α,β-unsaturated/α-hetero) is 1. The van der Waals surface area contributed by atoms with Gasteiger partial charge in [0.2, 0.25) is 23.3 Å². The van der Waals surface area contributed by atoms with Gasteiger partial charge in [-0.15, -0.1) is 10.2 Å². The Morgan fingerprint density at radius 3 is 2.26 bits per heavy atom. The van der Waals surface area contributed by atoms with Gasteiger partial charge in [0.15, 0.2) is 17.3 Å². The number of methoxy groups -OCH3 is 3. The van der Waals surface area contributed by atoms with Crippen LogP contribution in [0.25, 0.3) is 22.8 Å². The molecule has 2 aromatic heterocycles. The summed E-state index contributed by atoms with van der Waals surface area (Å²) in [5, 5.41) is 7.84. The maximum atomic E-state index is 13.4. The van der Waals surface area contributed by atoms with Crippen LogP contribution in [-0.2, 0) is 4.74 Å². The molecule has 2 aromatic carbocycles. The third kappa shape index (κ3) is 4.90. The second kappa shape index (κ2) is 10.4. The Labute approximate surface area is 206 Å². The molecule has 4 aromatic rings. The second-order valence-corrected chi connectivity index (χ2v) is 7.42. The minimum absolute atomic E-state index is 0.0721. The number of aromatic nitrogens is 2. The maximum Gasteiger partial charge on any atom is 0.247 e. The van der Waals surface area contributed by atoms with Crippen molar-refractivity contribution in [2.75, 3.05) is 27.9 Å². The number of nitrogens with zero attached hydrogens (tertiary/aromatic N) is 2. The van der Waals surface area contributed by atoms with Crippen LogP contribution in [-0.4, -0.2) is 43.8 Å². The van der Waals surface area contributed by atoms with Crippen LogP contribution in [0.5, 0.6) is 17.2 Å². The molecule has 0 aliphatic carbocycles. The molecular formula is C26H26N2O7. The van der Waals surface area contributed by atoms with Crippen LogP contribution in [0.15, 0.2) is 57.4 Å². The highest BCUT2D eigenvalue weighted by Gasteiger charge is 2.26. The number of furan rings is 1.